The molecule has 0 saturated carbocycles. The number of nitro benzene ring substituents is 1. The van der Waals surface area contributed by atoms with E-state index in [1.807, 2.05) is 0 Å². The first kappa shape index (κ1) is 23.0. The lowest BCUT2D eigenvalue weighted by atomic mass is 10.2. The number of anilines is 1. The van der Waals surface area contributed by atoms with Crippen LogP contribution in [0.4, 0.5) is 11.4 Å². The number of nitro groups is 1. The van der Waals surface area contributed by atoms with Gasteiger partial charge in [-0.25, -0.2) is 9.80 Å². The molecular weight excluding hydrogens is 458 g/mol. The molecule has 0 bridgehead atoms. The molecule has 0 spiro atoms. The summed E-state index contributed by atoms with van der Waals surface area (Å²) in [5.41, 5.74) is 3.88. The first-order valence-corrected chi connectivity index (χ1v) is 10.4. The molecule has 0 radical (unpaired) electrons. The number of ether oxygens (including phenoxy) is 2. The van der Waals surface area contributed by atoms with Crippen molar-refractivity contribution in [1.29, 1.82) is 0 Å². The predicted molar refractivity (Wildman–Crippen MR) is 122 cm³/mol. The predicted octanol–water partition coefficient (Wildman–Crippen LogP) is 3.69. The van der Waals surface area contributed by atoms with Crippen LogP contribution in [-0.2, 0) is 9.59 Å². The van der Waals surface area contributed by atoms with Gasteiger partial charge in [-0.15, -0.1) is 0 Å². The zero-order valence-corrected chi connectivity index (χ0v) is 18.3. The maximum atomic E-state index is 12.8. The summed E-state index contributed by atoms with van der Waals surface area (Å²) in [5, 5.41) is 20.8. The summed E-state index contributed by atoms with van der Waals surface area (Å²) in [5.74, 6) is -0.871. The van der Waals surface area contributed by atoms with Gasteiger partial charge < -0.3 is 14.6 Å². The van der Waals surface area contributed by atoms with Crippen LogP contribution in [0, 0.1) is 10.1 Å². The third kappa shape index (κ3) is 5.53. The van der Waals surface area contributed by atoms with Crippen LogP contribution in [0.25, 0.3) is 6.08 Å². The van der Waals surface area contributed by atoms with Crippen LogP contribution in [0.15, 0.2) is 47.4 Å². The molecule has 1 saturated heterocycles. The van der Waals surface area contributed by atoms with Crippen LogP contribution in [0.2, 0.25) is 0 Å². The van der Waals surface area contributed by atoms with Crippen molar-refractivity contribution in [3.05, 3.63) is 63.0 Å². The van der Waals surface area contributed by atoms with E-state index in [1.54, 1.807) is 31.2 Å². The topological polar surface area (TPSA) is 131 Å². The van der Waals surface area contributed by atoms with E-state index in [4.69, 9.17) is 26.8 Å². The Bertz CT molecular complexity index is 1100. The van der Waals surface area contributed by atoms with E-state index in [0.29, 0.717) is 28.5 Å². The van der Waals surface area contributed by atoms with Gasteiger partial charge >= 0.3 is 5.97 Å². The summed E-state index contributed by atoms with van der Waals surface area (Å²) in [7, 11) is 0. The van der Waals surface area contributed by atoms with E-state index in [0.717, 1.165) is 11.8 Å². The van der Waals surface area contributed by atoms with Crippen molar-refractivity contribution >= 4 is 57.6 Å². The van der Waals surface area contributed by atoms with Gasteiger partial charge in [0.1, 0.15) is 0 Å². The van der Waals surface area contributed by atoms with Crippen molar-refractivity contribution in [3.8, 4) is 11.5 Å². The van der Waals surface area contributed by atoms with Crippen LogP contribution in [0.1, 0.15) is 12.5 Å². The Balaban J connectivity index is 1.78. The molecule has 2 aromatic rings. The van der Waals surface area contributed by atoms with Gasteiger partial charge in [-0.3, -0.25) is 20.3 Å². The van der Waals surface area contributed by atoms with Crippen molar-refractivity contribution in [2.75, 3.05) is 18.6 Å². The summed E-state index contributed by atoms with van der Waals surface area (Å²) in [6, 6.07) is 10.5. The maximum absolute atomic E-state index is 12.8. The number of hydrazine groups is 1. The highest BCUT2D eigenvalue weighted by molar-refractivity contribution is 8.26. The van der Waals surface area contributed by atoms with Crippen LogP contribution in [-0.4, -0.2) is 44.4 Å². The summed E-state index contributed by atoms with van der Waals surface area (Å²) >= 11 is 6.37. The largest absolute Gasteiger partial charge is 0.490 e. The molecule has 1 heterocycles. The Morgan fingerprint density at radius 2 is 1.97 bits per heavy atom. The van der Waals surface area contributed by atoms with Crippen molar-refractivity contribution in [2.45, 2.75) is 6.92 Å². The minimum Gasteiger partial charge on any atom is -0.490 e. The lowest BCUT2D eigenvalue weighted by Gasteiger charge is -2.16. The second-order valence-corrected chi connectivity index (χ2v) is 7.93. The van der Waals surface area contributed by atoms with E-state index < -0.39 is 17.5 Å². The molecule has 12 heteroatoms. The number of carbonyl (C=O) groups excluding carboxylic acids is 1. The highest BCUT2D eigenvalue weighted by atomic mass is 32.2. The average Bonchev–Trinajstić information content (AvgIpc) is 3.01. The Morgan fingerprint density at radius 1 is 1.25 bits per heavy atom. The first-order chi connectivity index (χ1) is 15.3. The van der Waals surface area contributed by atoms with E-state index in [2.05, 4.69) is 5.43 Å². The number of amides is 1. The van der Waals surface area contributed by atoms with E-state index in [-0.39, 0.29) is 21.7 Å². The van der Waals surface area contributed by atoms with Crippen molar-refractivity contribution < 1.29 is 29.1 Å². The van der Waals surface area contributed by atoms with Crippen LogP contribution >= 0.6 is 24.0 Å². The molecule has 0 atom stereocenters. The number of aliphatic carboxylic acids is 1. The number of hydrogen-bond donors (Lipinski definition) is 2. The molecular formula is C20H17N3O7S2. The number of hydrogen-bond acceptors (Lipinski definition) is 9. The molecule has 0 aliphatic carbocycles. The molecule has 1 fully saturated rings. The monoisotopic (exact) mass is 475 g/mol. The molecule has 2 aromatic carbocycles. The molecule has 3 rings (SSSR count). The minimum atomic E-state index is -1.11. The van der Waals surface area contributed by atoms with Gasteiger partial charge in [-0.1, -0.05) is 17.8 Å². The fraction of sp³-hybridized carbons (Fsp3) is 0.150. The zero-order valence-electron chi connectivity index (χ0n) is 16.6. The van der Waals surface area contributed by atoms with E-state index >= 15 is 0 Å². The highest BCUT2D eigenvalue weighted by Crippen LogP contribution is 2.35. The van der Waals surface area contributed by atoms with Gasteiger partial charge in [-0.2, -0.15) is 0 Å². The minimum absolute atomic E-state index is 0.0679. The number of benzene rings is 2. The second-order valence-electron chi connectivity index (χ2n) is 6.25. The number of rotatable bonds is 9. The molecule has 166 valence electrons. The van der Waals surface area contributed by atoms with Crippen LogP contribution < -0.4 is 14.9 Å². The second kappa shape index (κ2) is 10.1. The molecule has 0 unspecified atom stereocenters. The summed E-state index contributed by atoms with van der Waals surface area (Å²) in [6.07, 6.45) is 1.63. The lowest BCUT2D eigenvalue weighted by molar-refractivity contribution is -0.384. The Labute approximate surface area is 191 Å². The van der Waals surface area contributed by atoms with Crippen molar-refractivity contribution in [3.63, 3.8) is 0 Å². The lowest BCUT2D eigenvalue weighted by Crippen LogP contribution is -2.33. The van der Waals surface area contributed by atoms with Gasteiger partial charge in [0.25, 0.3) is 11.6 Å². The molecule has 10 nitrogen and oxygen atoms in total. The third-order valence-electron chi connectivity index (χ3n) is 4.03. The third-order valence-corrected chi connectivity index (χ3v) is 5.33. The molecule has 1 amide bonds. The zero-order chi connectivity index (χ0) is 23.3. The molecule has 32 heavy (non-hydrogen) atoms. The first-order valence-electron chi connectivity index (χ1n) is 9.19. The average molecular weight is 476 g/mol. The molecule has 1 aliphatic heterocycles. The van der Waals surface area contributed by atoms with Crippen LogP contribution in [0.5, 0.6) is 11.5 Å². The fourth-order valence-electron chi connectivity index (χ4n) is 2.64. The van der Waals surface area contributed by atoms with Crippen molar-refractivity contribution in [1.82, 2.24) is 5.01 Å². The van der Waals surface area contributed by atoms with Gasteiger partial charge in [0, 0.05) is 12.1 Å². The van der Waals surface area contributed by atoms with Crippen molar-refractivity contribution in [2.24, 2.45) is 0 Å². The number of thiocarbonyl (C=S) groups is 1. The van der Waals surface area contributed by atoms with Gasteiger partial charge in [0.15, 0.2) is 22.4 Å². The Kier molecular flexibility index (Phi) is 7.28. The number of carboxylic acid groups (broad SMARTS) is 1. The van der Waals surface area contributed by atoms with Gasteiger partial charge in [0.2, 0.25) is 0 Å². The number of nitrogens with zero attached hydrogens (tertiary/aromatic N) is 2. The SMILES string of the molecule is CCOc1cc(/C=C2/SC(=S)N(Nc3ccc([N+](=O)[O-])cc3)C2=O)ccc1OCC(=O)O. The molecule has 1 aliphatic rings. The number of non-ortho nitro benzene ring substituents is 1. The van der Waals surface area contributed by atoms with E-state index in [1.165, 1.54) is 29.3 Å². The highest BCUT2D eigenvalue weighted by Gasteiger charge is 2.32. The summed E-state index contributed by atoms with van der Waals surface area (Å²) in [6.45, 7) is 1.61. The van der Waals surface area contributed by atoms with Gasteiger partial charge in [0.05, 0.1) is 22.1 Å². The normalized spacial score (nSPS) is 14.5. The smallest absolute Gasteiger partial charge is 0.341 e. The number of carbonyl (C=O) groups is 2. The number of carboxylic acids is 1. The summed E-state index contributed by atoms with van der Waals surface area (Å²) < 4.78 is 11.0. The Hall–Kier alpha value is -3.64. The summed E-state index contributed by atoms with van der Waals surface area (Å²) in [4.78, 5) is 34.2. The van der Waals surface area contributed by atoms with E-state index in [9.17, 15) is 19.7 Å². The van der Waals surface area contributed by atoms with Crippen LogP contribution in [0.3, 0.4) is 0 Å². The molecule has 0 aromatic heterocycles. The Morgan fingerprint density at radius 3 is 2.59 bits per heavy atom. The fourth-order valence-corrected chi connectivity index (χ4v) is 3.82. The van der Waals surface area contributed by atoms with Gasteiger partial charge in [-0.05, 0) is 55.0 Å². The standard InChI is InChI=1S/C20H17N3O7S2/c1-2-29-16-9-12(3-8-15(16)30-11-18(24)25)10-17-19(26)22(20(31)32-17)21-13-4-6-14(7-5-13)23(27)28/h3-10,21H,2,11H2,1H3,(H,24,25)/b17-10+. The number of thioether (sulfide) groups is 1. The number of nitrogens with one attached hydrogen (secondary N) is 1. The quantitative estimate of drug-likeness (QED) is 0.240. The molecule has 2 N–H and O–H groups in total. The maximum Gasteiger partial charge on any atom is 0.341 e.